The molecule has 0 saturated carbocycles. The lowest BCUT2D eigenvalue weighted by Gasteiger charge is -2.30. The van der Waals surface area contributed by atoms with E-state index in [2.05, 4.69) is 36.1 Å². The molecule has 1 saturated heterocycles. The molecule has 0 spiro atoms. The highest BCUT2D eigenvalue weighted by atomic mass is 16.5. The lowest BCUT2D eigenvalue weighted by atomic mass is 10.1. The second-order valence-corrected chi connectivity index (χ2v) is 5.66. The molecule has 3 rings (SSSR count). The lowest BCUT2D eigenvalue weighted by Crippen LogP contribution is -2.37. The van der Waals surface area contributed by atoms with E-state index in [1.807, 2.05) is 0 Å². The third-order valence-electron chi connectivity index (χ3n) is 3.99. The molecule has 0 atom stereocenters. The van der Waals surface area contributed by atoms with E-state index in [1.165, 1.54) is 16.5 Å². The molecular weight excluding hydrogens is 262 g/mol. The van der Waals surface area contributed by atoms with Gasteiger partial charge < -0.3 is 15.4 Å². The number of aromatic nitrogens is 1. The van der Waals surface area contributed by atoms with Gasteiger partial charge in [-0.25, -0.2) is 4.98 Å². The maximum Gasteiger partial charge on any atom is 0.132 e. The topological polar surface area (TPSA) is 51.4 Å². The second-order valence-electron chi connectivity index (χ2n) is 5.66. The summed E-state index contributed by atoms with van der Waals surface area (Å²) in [5.74, 6) is 1.12. The Balaban J connectivity index is 2.03. The van der Waals surface area contributed by atoms with Crippen molar-refractivity contribution >= 4 is 16.7 Å². The Hall–Kier alpha value is -1.65. The van der Waals surface area contributed by atoms with E-state index in [0.717, 1.165) is 50.5 Å². The van der Waals surface area contributed by atoms with Gasteiger partial charge in [0.25, 0.3) is 0 Å². The number of ether oxygens (including phenoxy) is 1. The highest BCUT2D eigenvalue weighted by Gasteiger charge is 2.17. The van der Waals surface area contributed by atoms with Crippen LogP contribution in [-0.4, -0.2) is 37.8 Å². The van der Waals surface area contributed by atoms with Crippen LogP contribution >= 0.6 is 0 Å². The molecule has 0 aliphatic carbocycles. The van der Waals surface area contributed by atoms with Crippen LogP contribution in [0, 0.1) is 6.92 Å². The standard InChI is InChI=1S/C17H23N3O/c1-13-4-5-14-12-15(3-2-6-18)17(19-16(14)11-13)20-7-9-21-10-8-20/h4-5,11-12H,2-3,6-10,18H2,1H3. The number of hydrogen-bond acceptors (Lipinski definition) is 4. The molecule has 2 heterocycles. The molecular formula is C17H23N3O. The SMILES string of the molecule is Cc1ccc2cc(CCCN)c(N3CCOCC3)nc2c1. The zero-order chi connectivity index (χ0) is 14.7. The Kier molecular flexibility index (Phi) is 4.36. The van der Waals surface area contributed by atoms with E-state index in [-0.39, 0.29) is 0 Å². The van der Waals surface area contributed by atoms with Gasteiger partial charge in [-0.3, -0.25) is 0 Å². The Morgan fingerprint density at radius 3 is 2.81 bits per heavy atom. The molecule has 1 aromatic heterocycles. The van der Waals surface area contributed by atoms with E-state index >= 15 is 0 Å². The van der Waals surface area contributed by atoms with Crippen molar-refractivity contribution in [3.63, 3.8) is 0 Å². The fraction of sp³-hybridized carbons (Fsp3) is 0.471. The first-order chi connectivity index (χ1) is 10.3. The van der Waals surface area contributed by atoms with Gasteiger partial charge in [0.15, 0.2) is 0 Å². The van der Waals surface area contributed by atoms with Crippen LogP contribution in [0.25, 0.3) is 10.9 Å². The largest absolute Gasteiger partial charge is 0.378 e. The summed E-state index contributed by atoms with van der Waals surface area (Å²) in [5.41, 5.74) is 9.31. The van der Waals surface area contributed by atoms with Crippen LogP contribution < -0.4 is 10.6 Å². The molecule has 0 amide bonds. The summed E-state index contributed by atoms with van der Waals surface area (Å²) >= 11 is 0. The Morgan fingerprint density at radius 2 is 2.05 bits per heavy atom. The van der Waals surface area contributed by atoms with Crippen LogP contribution in [-0.2, 0) is 11.2 Å². The zero-order valence-electron chi connectivity index (χ0n) is 12.6. The fourth-order valence-corrected chi connectivity index (χ4v) is 2.84. The van der Waals surface area contributed by atoms with Crippen molar-refractivity contribution in [3.05, 3.63) is 35.4 Å². The van der Waals surface area contributed by atoms with Gasteiger partial charge >= 0.3 is 0 Å². The molecule has 0 radical (unpaired) electrons. The average molecular weight is 285 g/mol. The predicted molar refractivity (Wildman–Crippen MR) is 86.9 cm³/mol. The summed E-state index contributed by atoms with van der Waals surface area (Å²) in [4.78, 5) is 7.29. The molecule has 1 aliphatic rings. The first-order valence-corrected chi connectivity index (χ1v) is 7.71. The molecule has 4 heteroatoms. The number of pyridine rings is 1. The molecule has 1 aromatic carbocycles. The molecule has 1 fully saturated rings. The van der Waals surface area contributed by atoms with E-state index in [1.54, 1.807) is 0 Å². The fourth-order valence-electron chi connectivity index (χ4n) is 2.84. The van der Waals surface area contributed by atoms with Gasteiger partial charge in [-0.05, 0) is 49.6 Å². The first kappa shape index (κ1) is 14.3. The van der Waals surface area contributed by atoms with Crippen LogP contribution in [0.5, 0.6) is 0 Å². The second kappa shape index (κ2) is 6.41. The summed E-state index contributed by atoms with van der Waals surface area (Å²) in [6, 6.07) is 8.74. The average Bonchev–Trinajstić information content (AvgIpc) is 2.53. The smallest absolute Gasteiger partial charge is 0.132 e. The predicted octanol–water partition coefficient (Wildman–Crippen LogP) is 2.27. The molecule has 2 N–H and O–H groups in total. The van der Waals surface area contributed by atoms with Crippen molar-refractivity contribution in [2.75, 3.05) is 37.7 Å². The number of benzene rings is 1. The van der Waals surface area contributed by atoms with Crippen molar-refractivity contribution < 1.29 is 4.74 Å². The van der Waals surface area contributed by atoms with Gasteiger partial charge in [-0.2, -0.15) is 0 Å². The van der Waals surface area contributed by atoms with Crippen molar-refractivity contribution in [2.45, 2.75) is 19.8 Å². The monoisotopic (exact) mass is 285 g/mol. The number of nitrogens with two attached hydrogens (primary N) is 1. The van der Waals surface area contributed by atoms with Gasteiger partial charge in [-0.1, -0.05) is 12.1 Å². The maximum absolute atomic E-state index is 5.68. The Bertz CT molecular complexity index is 621. The lowest BCUT2D eigenvalue weighted by molar-refractivity contribution is 0.122. The number of fused-ring (bicyclic) bond motifs is 1. The number of morpholine rings is 1. The van der Waals surface area contributed by atoms with Crippen molar-refractivity contribution in [2.24, 2.45) is 5.73 Å². The van der Waals surface area contributed by atoms with Crippen LogP contribution in [0.1, 0.15) is 17.5 Å². The minimum Gasteiger partial charge on any atom is -0.378 e. The van der Waals surface area contributed by atoms with Gasteiger partial charge in [0.05, 0.1) is 18.7 Å². The normalized spacial score (nSPS) is 15.6. The third-order valence-corrected chi connectivity index (χ3v) is 3.99. The molecule has 1 aliphatic heterocycles. The Labute approximate surface area is 125 Å². The number of anilines is 1. The molecule has 112 valence electrons. The Morgan fingerprint density at radius 1 is 1.24 bits per heavy atom. The van der Waals surface area contributed by atoms with Gasteiger partial charge in [0.1, 0.15) is 5.82 Å². The molecule has 4 nitrogen and oxygen atoms in total. The number of aryl methyl sites for hydroxylation is 2. The number of hydrogen-bond donors (Lipinski definition) is 1. The summed E-state index contributed by atoms with van der Waals surface area (Å²) in [6.07, 6.45) is 1.98. The van der Waals surface area contributed by atoms with Crippen molar-refractivity contribution in [3.8, 4) is 0 Å². The van der Waals surface area contributed by atoms with Gasteiger partial charge in [0.2, 0.25) is 0 Å². The highest BCUT2D eigenvalue weighted by Crippen LogP contribution is 2.26. The quantitative estimate of drug-likeness (QED) is 0.936. The van der Waals surface area contributed by atoms with E-state index in [9.17, 15) is 0 Å². The van der Waals surface area contributed by atoms with Crippen LogP contribution in [0.4, 0.5) is 5.82 Å². The molecule has 0 unspecified atom stereocenters. The van der Waals surface area contributed by atoms with E-state index in [4.69, 9.17) is 15.5 Å². The zero-order valence-corrected chi connectivity index (χ0v) is 12.6. The number of rotatable bonds is 4. The summed E-state index contributed by atoms with van der Waals surface area (Å²) in [5, 5.41) is 1.21. The highest BCUT2D eigenvalue weighted by molar-refractivity contribution is 5.82. The van der Waals surface area contributed by atoms with Gasteiger partial charge in [-0.15, -0.1) is 0 Å². The minimum absolute atomic E-state index is 0.717. The minimum atomic E-state index is 0.717. The third kappa shape index (κ3) is 3.17. The van der Waals surface area contributed by atoms with Crippen molar-refractivity contribution in [1.29, 1.82) is 0 Å². The van der Waals surface area contributed by atoms with Crippen LogP contribution in [0.2, 0.25) is 0 Å². The molecule has 21 heavy (non-hydrogen) atoms. The summed E-state index contributed by atoms with van der Waals surface area (Å²) < 4.78 is 5.46. The van der Waals surface area contributed by atoms with Crippen molar-refractivity contribution in [1.82, 2.24) is 4.98 Å². The first-order valence-electron chi connectivity index (χ1n) is 7.71. The number of nitrogens with zero attached hydrogens (tertiary/aromatic N) is 2. The summed E-state index contributed by atoms with van der Waals surface area (Å²) in [7, 11) is 0. The van der Waals surface area contributed by atoms with E-state index < -0.39 is 0 Å². The van der Waals surface area contributed by atoms with Crippen LogP contribution in [0.3, 0.4) is 0 Å². The van der Waals surface area contributed by atoms with Crippen LogP contribution in [0.15, 0.2) is 24.3 Å². The molecule has 0 bridgehead atoms. The summed E-state index contributed by atoms with van der Waals surface area (Å²) in [6.45, 7) is 6.22. The van der Waals surface area contributed by atoms with Gasteiger partial charge in [0, 0.05) is 18.5 Å². The maximum atomic E-state index is 5.68. The van der Waals surface area contributed by atoms with E-state index in [0.29, 0.717) is 6.54 Å². The molecule has 2 aromatic rings.